The summed E-state index contributed by atoms with van der Waals surface area (Å²) >= 11 is 4.85. The molecule has 0 saturated carbocycles. The summed E-state index contributed by atoms with van der Waals surface area (Å²) in [5.41, 5.74) is 3.15. The quantitative estimate of drug-likeness (QED) is 0.294. The van der Waals surface area contributed by atoms with Crippen molar-refractivity contribution in [3.63, 3.8) is 0 Å². The molecule has 124 valence electrons. The molecule has 0 aliphatic heterocycles. The topological polar surface area (TPSA) is 71.3 Å². The van der Waals surface area contributed by atoms with Crippen molar-refractivity contribution in [2.24, 2.45) is 0 Å². The number of benzene rings is 1. The van der Waals surface area contributed by atoms with Gasteiger partial charge in [0.25, 0.3) is 5.91 Å². The number of aryl methyl sites for hydroxylation is 2. The summed E-state index contributed by atoms with van der Waals surface area (Å²) in [6.07, 6.45) is 1.85. The number of rotatable bonds is 4. The van der Waals surface area contributed by atoms with Crippen LogP contribution in [-0.2, 0) is 9.59 Å². The molecular weight excluding hydrogens is 324 g/mol. The van der Waals surface area contributed by atoms with Crippen LogP contribution in [-0.4, -0.2) is 24.4 Å². The van der Waals surface area contributed by atoms with E-state index in [9.17, 15) is 9.59 Å². The maximum atomic E-state index is 11.9. The monoisotopic (exact) mass is 342 g/mol. The number of thiocarbonyl (C=S) groups is 1. The number of amides is 1. The average Bonchev–Trinajstić information content (AvgIpc) is 3.00. The van der Waals surface area contributed by atoms with Gasteiger partial charge in [0.2, 0.25) is 0 Å². The largest absolute Gasteiger partial charge is 0.457 e. The number of hydrogen-bond donors (Lipinski definition) is 2. The van der Waals surface area contributed by atoms with E-state index in [1.165, 1.54) is 11.6 Å². The lowest BCUT2D eigenvalue weighted by Crippen LogP contribution is -2.38. The second-order valence-electron chi connectivity index (χ2n) is 5.27. The Morgan fingerprint density at radius 2 is 1.96 bits per heavy atom. The molecule has 1 heterocycles. The van der Waals surface area contributed by atoms with E-state index in [-0.39, 0.29) is 10.7 Å². The fraction of sp³-hybridized carbons (Fsp3) is 0.167. The van der Waals surface area contributed by atoms with E-state index in [2.05, 4.69) is 16.7 Å². The third-order valence-electron chi connectivity index (χ3n) is 3.42. The van der Waals surface area contributed by atoms with Crippen molar-refractivity contribution in [1.29, 1.82) is 0 Å². The van der Waals surface area contributed by atoms with E-state index in [0.717, 1.165) is 11.1 Å². The minimum absolute atomic E-state index is 0.0749. The Balaban J connectivity index is 2.27. The normalized spacial score (nSPS) is 11.0. The van der Waals surface area contributed by atoms with Crippen LogP contribution in [0, 0.1) is 13.8 Å². The van der Waals surface area contributed by atoms with Gasteiger partial charge in [-0.05, 0) is 49.8 Å². The fourth-order valence-electron chi connectivity index (χ4n) is 2.21. The summed E-state index contributed by atoms with van der Waals surface area (Å²) in [6.45, 7) is 4.03. The van der Waals surface area contributed by atoms with Crippen molar-refractivity contribution in [2.75, 3.05) is 7.05 Å². The Labute approximate surface area is 145 Å². The predicted octanol–water partition coefficient (Wildman–Crippen LogP) is 2.77. The van der Waals surface area contributed by atoms with E-state index >= 15 is 0 Å². The molecule has 0 atom stereocenters. The van der Waals surface area contributed by atoms with Gasteiger partial charge < -0.3 is 9.73 Å². The third-order valence-corrected chi connectivity index (χ3v) is 3.72. The number of hydrogen-bond acceptors (Lipinski definition) is 4. The van der Waals surface area contributed by atoms with Gasteiger partial charge in [-0.3, -0.25) is 14.9 Å². The molecule has 2 N–H and O–H groups in total. The van der Waals surface area contributed by atoms with Gasteiger partial charge in [-0.15, -0.1) is 0 Å². The van der Waals surface area contributed by atoms with Crippen molar-refractivity contribution in [3.8, 4) is 11.3 Å². The molecule has 0 fully saturated rings. The summed E-state index contributed by atoms with van der Waals surface area (Å²) in [4.78, 5) is 23.1. The highest BCUT2D eigenvalue weighted by molar-refractivity contribution is 7.80. The molecule has 0 radical (unpaired) electrons. The van der Waals surface area contributed by atoms with Gasteiger partial charge >= 0.3 is 0 Å². The molecule has 0 aliphatic rings. The molecule has 1 aromatic carbocycles. The van der Waals surface area contributed by atoms with E-state index in [4.69, 9.17) is 16.6 Å². The molecule has 0 spiro atoms. The lowest BCUT2D eigenvalue weighted by molar-refractivity contribution is -0.118. The zero-order valence-electron chi connectivity index (χ0n) is 13.7. The summed E-state index contributed by atoms with van der Waals surface area (Å²) < 4.78 is 5.74. The van der Waals surface area contributed by atoms with Crippen LogP contribution in [0.15, 0.2) is 40.3 Å². The van der Waals surface area contributed by atoms with Crippen LogP contribution in [0.5, 0.6) is 0 Å². The summed E-state index contributed by atoms with van der Waals surface area (Å²) in [5, 5.41) is 5.14. The van der Waals surface area contributed by atoms with Crippen LogP contribution >= 0.6 is 12.2 Å². The Kier molecular flexibility index (Phi) is 5.65. The highest BCUT2D eigenvalue weighted by atomic mass is 32.1. The van der Waals surface area contributed by atoms with E-state index in [1.54, 1.807) is 13.1 Å². The van der Waals surface area contributed by atoms with Crippen molar-refractivity contribution >= 4 is 35.6 Å². The molecule has 2 aromatic rings. The number of furan rings is 1. The minimum atomic E-state index is -0.589. The van der Waals surface area contributed by atoms with Crippen LogP contribution in [0.2, 0.25) is 0 Å². The van der Waals surface area contributed by atoms with Crippen molar-refractivity contribution < 1.29 is 14.0 Å². The van der Waals surface area contributed by atoms with Gasteiger partial charge in [0.15, 0.2) is 11.4 Å². The molecule has 5 nitrogen and oxygen atoms in total. The van der Waals surface area contributed by atoms with Gasteiger partial charge in [0.1, 0.15) is 11.5 Å². The van der Waals surface area contributed by atoms with Gasteiger partial charge in [-0.25, -0.2) is 0 Å². The Morgan fingerprint density at radius 3 is 2.58 bits per heavy atom. The number of carbonyl (C=O) groups excluding carboxylic acids is 2. The Morgan fingerprint density at radius 1 is 1.21 bits per heavy atom. The van der Waals surface area contributed by atoms with E-state index < -0.39 is 5.91 Å². The first-order chi connectivity index (χ1) is 11.4. The summed E-state index contributed by atoms with van der Waals surface area (Å²) in [5.74, 6) is 0.501. The van der Waals surface area contributed by atoms with E-state index in [1.807, 2.05) is 32.0 Å². The second-order valence-corrected chi connectivity index (χ2v) is 5.68. The first kappa shape index (κ1) is 17.6. The minimum Gasteiger partial charge on any atom is -0.457 e. The molecule has 0 unspecified atom stereocenters. The molecular formula is C18H18N2O3S. The van der Waals surface area contributed by atoms with Crippen LogP contribution < -0.4 is 10.6 Å². The third kappa shape index (κ3) is 4.17. The lowest BCUT2D eigenvalue weighted by atomic mass is 10.0. The fourth-order valence-corrected chi connectivity index (χ4v) is 2.30. The molecule has 1 aromatic heterocycles. The van der Waals surface area contributed by atoms with Crippen LogP contribution in [0.3, 0.4) is 0 Å². The zero-order chi connectivity index (χ0) is 17.7. The predicted molar refractivity (Wildman–Crippen MR) is 97.5 cm³/mol. The molecule has 6 heteroatoms. The Bertz CT molecular complexity index is 821. The number of nitrogens with one attached hydrogen (secondary N) is 2. The van der Waals surface area contributed by atoms with Gasteiger partial charge in [-0.2, -0.15) is 0 Å². The van der Waals surface area contributed by atoms with Crippen LogP contribution in [0.4, 0.5) is 0 Å². The van der Waals surface area contributed by atoms with Crippen LogP contribution in [0.25, 0.3) is 17.4 Å². The maximum absolute atomic E-state index is 11.9. The van der Waals surface area contributed by atoms with Gasteiger partial charge in [0.05, 0.1) is 5.57 Å². The van der Waals surface area contributed by atoms with Gasteiger partial charge in [-0.1, -0.05) is 23.8 Å². The summed E-state index contributed by atoms with van der Waals surface area (Å²) in [6, 6.07) is 9.57. The van der Waals surface area contributed by atoms with Crippen molar-refractivity contribution in [3.05, 3.63) is 52.8 Å². The van der Waals surface area contributed by atoms with Crippen LogP contribution in [0.1, 0.15) is 16.9 Å². The average molecular weight is 342 g/mol. The van der Waals surface area contributed by atoms with E-state index in [0.29, 0.717) is 17.8 Å². The van der Waals surface area contributed by atoms with Crippen molar-refractivity contribution in [1.82, 2.24) is 10.6 Å². The second kappa shape index (κ2) is 7.70. The standard InChI is InChI=1S/C18H18N2O3S/c1-11-4-6-15(12(2)8-11)16-7-5-14(23-16)9-13(10-21)17(22)20-18(24)19-3/h4-10H,1-3H3,(H2,19,20,22,24)/b13-9-. The lowest BCUT2D eigenvalue weighted by Gasteiger charge is -2.05. The number of aldehydes is 1. The molecule has 24 heavy (non-hydrogen) atoms. The SMILES string of the molecule is CNC(=S)NC(=O)/C(C=O)=C\c1ccc(-c2ccc(C)cc2C)o1. The number of carbonyl (C=O) groups is 2. The van der Waals surface area contributed by atoms with Crippen molar-refractivity contribution in [2.45, 2.75) is 13.8 Å². The molecule has 0 aliphatic carbocycles. The zero-order valence-corrected chi connectivity index (χ0v) is 14.5. The highest BCUT2D eigenvalue weighted by Crippen LogP contribution is 2.27. The first-order valence-electron chi connectivity index (χ1n) is 7.32. The highest BCUT2D eigenvalue weighted by Gasteiger charge is 2.12. The molecule has 0 saturated heterocycles. The first-order valence-corrected chi connectivity index (χ1v) is 7.73. The van der Waals surface area contributed by atoms with Gasteiger partial charge in [0, 0.05) is 12.6 Å². The summed E-state index contributed by atoms with van der Waals surface area (Å²) in [7, 11) is 1.58. The smallest absolute Gasteiger partial charge is 0.260 e. The maximum Gasteiger partial charge on any atom is 0.260 e. The Hall–Kier alpha value is -2.73. The molecule has 0 bridgehead atoms. The molecule has 1 amide bonds. The molecule has 2 rings (SSSR count).